The standard InChI is InChI=1S/C26H25NO/c1-3-20-12-14-21(15-13-20)17-26(28)27-18-23-9-4-6-10-24(23)19(2)16-22-8-5-7-11-25(22)27/h4-15H,2-3,16-18H2,1H3. The number of allylic oxidation sites excluding steroid dienone is 1. The number of nitrogens with zero attached hydrogens (tertiary/aromatic N) is 1. The summed E-state index contributed by atoms with van der Waals surface area (Å²) in [5, 5.41) is 0. The Kier molecular flexibility index (Phi) is 5.12. The van der Waals surface area contributed by atoms with Gasteiger partial charge in [-0.1, -0.05) is 80.2 Å². The molecule has 0 bridgehead atoms. The van der Waals surface area contributed by atoms with E-state index >= 15 is 0 Å². The normalized spacial score (nSPS) is 13.3. The van der Waals surface area contributed by atoms with E-state index in [-0.39, 0.29) is 5.91 Å². The highest BCUT2D eigenvalue weighted by Crippen LogP contribution is 2.33. The molecule has 0 aliphatic carbocycles. The Morgan fingerprint density at radius 1 is 0.893 bits per heavy atom. The van der Waals surface area contributed by atoms with Crippen LogP contribution in [0.25, 0.3) is 5.57 Å². The van der Waals surface area contributed by atoms with Gasteiger partial charge in [0.15, 0.2) is 0 Å². The van der Waals surface area contributed by atoms with Gasteiger partial charge < -0.3 is 4.90 Å². The van der Waals surface area contributed by atoms with Crippen LogP contribution in [0.15, 0.2) is 79.4 Å². The maximum Gasteiger partial charge on any atom is 0.231 e. The molecular weight excluding hydrogens is 342 g/mol. The largest absolute Gasteiger partial charge is 0.307 e. The summed E-state index contributed by atoms with van der Waals surface area (Å²) in [6, 6.07) is 24.8. The van der Waals surface area contributed by atoms with E-state index in [0.29, 0.717) is 13.0 Å². The van der Waals surface area contributed by atoms with Gasteiger partial charge in [-0.3, -0.25) is 4.79 Å². The number of rotatable bonds is 3. The molecule has 1 amide bonds. The Balaban J connectivity index is 1.70. The van der Waals surface area contributed by atoms with Crippen LogP contribution in [0.3, 0.4) is 0 Å². The molecule has 0 radical (unpaired) electrons. The number of carbonyl (C=O) groups is 1. The molecule has 1 heterocycles. The van der Waals surface area contributed by atoms with Crippen molar-refractivity contribution < 1.29 is 4.79 Å². The highest BCUT2D eigenvalue weighted by molar-refractivity contribution is 5.96. The van der Waals surface area contributed by atoms with Crippen LogP contribution in [-0.4, -0.2) is 5.91 Å². The first kappa shape index (κ1) is 18.2. The second kappa shape index (κ2) is 7.85. The van der Waals surface area contributed by atoms with Gasteiger partial charge in [0.25, 0.3) is 0 Å². The van der Waals surface area contributed by atoms with Crippen molar-refractivity contribution in [2.45, 2.75) is 32.7 Å². The summed E-state index contributed by atoms with van der Waals surface area (Å²) in [4.78, 5) is 15.3. The predicted molar refractivity (Wildman–Crippen MR) is 116 cm³/mol. The van der Waals surface area contributed by atoms with E-state index in [4.69, 9.17) is 0 Å². The smallest absolute Gasteiger partial charge is 0.231 e. The van der Waals surface area contributed by atoms with Crippen molar-refractivity contribution in [1.82, 2.24) is 0 Å². The number of amides is 1. The molecule has 28 heavy (non-hydrogen) atoms. The van der Waals surface area contributed by atoms with Gasteiger partial charge in [-0.15, -0.1) is 0 Å². The lowest BCUT2D eigenvalue weighted by molar-refractivity contribution is -0.118. The number of para-hydroxylation sites is 1. The maximum atomic E-state index is 13.3. The molecule has 0 fully saturated rings. The van der Waals surface area contributed by atoms with E-state index in [9.17, 15) is 4.79 Å². The summed E-state index contributed by atoms with van der Waals surface area (Å²) in [7, 11) is 0. The van der Waals surface area contributed by atoms with E-state index in [1.807, 2.05) is 29.2 Å². The zero-order chi connectivity index (χ0) is 19.5. The molecule has 0 unspecified atom stereocenters. The van der Waals surface area contributed by atoms with E-state index < -0.39 is 0 Å². The van der Waals surface area contributed by atoms with E-state index in [1.54, 1.807) is 0 Å². The highest BCUT2D eigenvalue weighted by atomic mass is 16.2. The lowest BCUT2D eigenvalue weighted by Gasteiger charge is -2.29. The molecule has 2 nitrogen and oxygen atoms in total. The predicted octanol–water partition coefficient (Wildman–Crippen LogP) is 5.59. The molecule has 140 valence electrons. The van der Waals surface area contributed by atoms with Gasteiger partial charge >= 0.3 is 0 Å². The molecule has 3 aromatic carbocycles. The Labute approximate surface area is 167 Å². The average Bonchev–Trinajstić information content (AvgIpc) is 2.72. The SMILES string of the molecule is C=C1Cc2ccccc2N(C(=O)Cc2ccc(CC)cc2)Cc2ccccc21. The van der Waals surface area contributed by atoms with Gasteiger partial charge in [0.05, 0.1) is 13.0 Å². The summed E-state index contributed by atoms with van der Waals surface area (Å²) < 4.78 is 0. The molecule has 0 spiro atoms. The zero-order valence-corrected chi connectivity index (χ0v) is 16.3. The first-order valence-corrected chi connectivity index (χ1v) is 9.88. The average molecular weight is 367 g/mol. The first-order chi connectivity index (χ1) is 13.7. The monoisotopic (exact) mass is 367 g/mol. The topological polar surface area (TPSA) is 20.3 Å². The molecule has 0 saturated heterocycles. The van der Waals surface area contributed by atoms with Crippen molar-refractivity contribution in [3.63, 3.8) is 0 Å². The first-order valence-electron chi connectivity index (χ1n) is 9.88. The molecule has 0 atom stereocenters. The maximum absolute atomic E-state index is 13.3. The van der Waals surface area contributed by atoms with Gasteiger partial charge in [-0.05, 0) is 52.3 Å². The van der Waals surface area contributed by atoms with Crippen LogP contribution in [-0.2, 0) is 30.6 Å². The lowest BCUT2D eigenvalue weighted by Crippen LogP contribution is -2.33. The quantitative estimate of drug-likeness (QED) is 0.590. The lowest BCUT2D eigenvalue weighted by atomic mass is 9.91. The Bertz CT molecular complexity index is 1020. The van der Waals surface area contributed by atoms with Crippen LogP contribution in [0.1, 0.15) is 34.7 Å². The van der Waals surface area contributed by atoms with Crippen LogP contribution >= 0.6 is 0 Å². The van der Waals surface area contributed by atoms with Crippen molar-refractivity contribution >= 4 is 17.2 Å². The number of hydrogen-bond donors (Lipinski definition) is 0. The number of benzene rings is 3. The third-order valence-corrected chi connectivity index (χ3v) is 5.50. The molecule has 3 aromatic rings. The fourth-order valence-electron chi connectivity index (χ4n) is 3.89. The van der Waals surface area contributed by atoms with Crippen LogP contribution < -0.4 is 4.90 Å². The molecule has 1 aliphatic heterocycles. The summed E-state index contributed by atoms with van der Waals surface area (Å²) in [5.74, 6) is 0.124. The van der Waals surface area contributed by atoms with E-state index in [1.165, 1.54) is 5.56 Å². The third-order valence-electron chi connectivity index (χ3n) is 5.50. The van der Waals surface area contributed by atoms with Crippen LogP contribution in [0.5, 0.6) is 0 Å². The van der Waals surface area contributed by atoms with E-state index in [2.05, 4.69) is 62.0 Å². The highest BCUT2D eigenvalue weighted by Gasteiger charge is 2.23. The molecule has 4 rings (SSSR count). The number of fused-ring (bicyclic) bond motifs is 2. The molecular formula is C26H25NO. The Morgan fingerprint density at radius 3 is 2.29 bits per heavy atom. The third kappa shape index (κ3) is 3.63. The molecule has 1 aliphatic rings. The van der Waals surface area contributed by atoms with Gasteiger partial charge in [-0.2, -0.15) is 0 Å². The number of carbonyl (C=O) groups excluding carboxylic acids is 1. The van der Waals surface area contributed by atoms with E-state index in [0.717, 1.165) is 46.4 Å². The van der Waals surface area contributed by atoms with Crippen molar-refractivity contribution in [3.05, 3.63) is 107 Å². The molecule has 0 saturated carbocycles. The fourth-order valence-corrected chi connectivity index (χ4v) is 3.89. The van der Waals surface area contributed by atoms with Gasteiger partial charge in [0.2, 0.25) is 5.91 Å². The van der Waals surface area contributed by atoms with Crippen molar-refractivity contribution in [2.24, 2.45) is 0 Å². The Morgan fingerprint density at radius 2 is 1.54 bits per heavy atom. The Hall–Kier alpha value is -3.13. The summed E-state index contributed by atoms with van der Waals surface area (Å²) >= 11 is 0. The van der Waals surface area contributed by atoms with Crippen molar-refractivity contribution in [3.8, 4) is 0 Å². The molecule has 2 heteroatoms. The van der Waals surface area contributed by atoms with Gasteiger partial charge in [-0.25, -0.2) is 0 Å². The number of aryl methyl sites for hydroxylation is 1. The number of anilines is 1. The summed E-state index contributed by atoms with van der Waals surface area (Å²) in [6.07, 6.45) is 2.16. The van der Waals surface area contributed by atoms with Crippen LogP contribution in [0.2, 0.25) is 0 Å². The minimum Gasteiger partial charge on any atom is -0.307 e. The summed E-state index contributed by atoms with van der Waals surface area (Å²) in [5.41, 5.74) is 7.90. The zero-order valence-electron chi connectivity index (χ0n) is 16.3. The fraction of sp³-hybridized carbons (Fsp3) is 0.192. The molecule has 0 N–H and O–H groups in total. The number of hydrogen-bond acceptors (Lipinski definition) is 1. The second-order valence-electron chi connectivity index (χ2n) is 7.39. The minimum atomic E-state index is 0.124. The minimum absolute atomic E-state index is 0.124. The summed E-state index contributed by atoms with van der Waals surface area (Å²) in [6.45, 7) is 7.02. The van der Waals surface area contributed by atoms with Crippen LogP contribution in [0.4, 0.5) is 5.69 Å². The van der Waals surface area contributed by atoms with Gasteiger partial charge in [0.1, 0.15) is 0 Å². The van der Waals surface area contributed by atoms with Gasteiger partial charge in [0, 0.05) is 5.69 Å². The second-order valence-corrected chi connectivity index (χ2v) is 7.39. The van der Waals surface area contributed by atoms with Crippen molar-refractivity contribution in [2.75, 3.05) is 4.90 Å². The molecule has 0 aromatic heterocycles. The van der Waals surface area contributed by atoms with Crippen LogP contribution in [0, 0.1) is 0 Å². The van der Waals surface area contributed by atoms with Crippen molar-refractivity contribution in [1.29, 1.82) is 0 Å².